The molecule has 4 N–H and O–H groups in total. The van der Waals surface area contributed by atoms with Crippen LogP contribution >= 0.6 is 0 Å². The summed E-state index contributed by atoms with van der Waals surface area (Å²) in [6.07, 6.45) is 1.17. The molecule has 3 aromatic carbocycles. The van der Waals surface area contributed by atoms with Gasteiger partial charge in [-0.3, -0.25) is 10.1 Å². The maximum atomic E-state index is 13.2. The Hall–Kier alpha value is -5.20. The summed E-state index contributed by atoms with van der Waals surface area (Å²) in [4.78, 5) is 23.1. The highest BCUT2D eigenvalue weighted by Gasteiger charge is 2.10. The second-order valence-electron chi connectivity index (χ2n) is 7.29. The third kappa shape index (κ3) is 6.44. The number of halogens is 2. The van der Waals surface area contributed by atoms with E-state index in [-0.39, 0.29) is 47.2 Å². The van der Waals surface area contributed by atoms with Gasteiger partial charge in [0, 0.05) is 29.9 Å². The van der Waals surface area contributed by atoms with Crippen LogP contribution in [0.2, 0.25) is 0 Å². The molecule has 0 saturated heterocycles. The number of non-ortho nitro benzene ring substituents is 1. The smallest absolute Gasteiger partial charge is 0.270 e. The summed E-state index contributed by atoms with van der Waals surface area (Å²) >= 11 is 0. The molecule has 0 radical (unpaired) electrons. The van der Waals surface area contributed by atoms with E-state index in [4.69, 9.17) is 0 Å². The standard InChI is InChI=1S/C23H18F2N8O3/c24-16-3-1-14(2-4-16)12-26-21-29-22(28-18-7-5-17(25)6-8-18)31-23(30-21)32-27-13-15-11-19(33(35)36)9-10-20(15)34/h1-11,13,34H,12H2,(H3,26,28,29,30,31,32)/b27-13+. The molecule has 13 heteroatoms. The molecule has 11 nitrogen and oxygen atoms in total. The van der Waals surface area contributed by atoms with Crippen LogP contribution in [0.1, 0.15) is 11.1 Å². The summed E-state index contributed by atoms with van der Waals surface area (Å²) in [6, 6.07) is 14.9. The molecule has 0 aliphatic rings. The highest BCUT2D eigenvalue weighted by Crippen LogP contribution is 2.21. The van der Waals surface area contributed by atoms with Gasteiger partial charge in [-0.1, -0.05) is 12.1 Å². The molecule has 182 valence electrons. The fraction of sp³-hybridized carbons (Fsp3) is 0.0435. The van der Waals surface area contributed by atoms with Crippen molar-refractivity contribution >= 4 is 35.4 Å². The zero-order chi connectivity index (χ0) is 25.5. The van der Waals surface area contributed by atoms with E-state index in [1.165, 1.54) is 54.7 Å². The van der Waals surface area contributed by atoms with Crippen molar-refractivity contribution in [2.45, 2.75) is 6.54 Å². The van der Waals surface area contributed by atoms with Gasteiger partial charge in [0.05, 0.1) is 11.1 Å². The largest absolute Gasteiger partial charge is 0.507 e. The van der Waals surface area contributed by atoms with E-state index in [0.717, 1.165) is 11.6 Å². The van der Waals surface area contributed by atoms with Crippen LogP contribution in [0.25, 0.3) is 0 Å². The number of anilines is 4. The van der Waals surface area contributed by atoms with E-state index in [1.807, 2.05) is 0 Å². The molecule has 4 rings (SSSR count). The zero-order valence-corrected chi connectivity index (χ0v) is 18.4. The van der Waals surface area contributed by atoms with E-state index in [0.29, 0.717) is 5.69 Å². The highest BCUT2D eigenvalue weighted by atomic mass is 19.1. The van der Waals surface area contributed by atoms with E-state index in [1.54, 1.807) is 12.1 Å². The Bertz CT molecular complexity index is 1400. The molecule has 0 unspecified atom stereocenters. The molecular weight excluding hydrogens is 474 g/mol. The Morgan fingerprint density at radius 2 is 1.56 bits per heavy atom. The third-order valence-electron chi connectivity index (χ3n) is 4.69. The lowest BCUT2D eigenvalue weighted by Gasteiger charge is -2.10. The molecular formula is C23H18F2N8O3. The Labute approximate surface area is 202 Å². The fourth-order valence-electron chi connectivity index (χ4n) is 2.93. The van der Waals surface area contributed by atoms with Crippen molar-refractivity contribution in [3.05, 3.63) is 99.6 Å². The molecule has 0 fully saturated rings. The van der Waals surface area contributed by atoms with E-state index in [9.17, 15) is 24.0 Å². The second kappa shape index (κ2) is 10.8. The monoisotopic (exact) mass is 492 g/mol. The van der Waals surface area contributed by atoms with Crippen LogP contribution in [0.4, 0.5) is 38.0 Å². The predicted octanol–water partition coefficient (Wildman–Crippen LogP) is 4.57. The number of hydrogen-bond acceptors (Lipinski definition) is 10. The number of nitrogens with zero attached hydrogens (tertiary/aromatic N) is 5. The quantitative estimate of drug-likeness (QED) is 0.150. The number of nitro benzene ring substituents is 1. The van der Waals surface area contributed by atoms with Gasteiger partial charge in [0.2, 0.25) is 17.8 Å². The maximum absolute atomic E-state index is 13.2. The van der Waals surface area contributed by atoms with Gasteiger partial charge in [0.25, 0.3) is 5.69 Å². The molecule has 0 aliphatic heterocycles. The summed E-state index contributed by atoms with van der Waals surface area (Å²) in [5.74, 6) is -0.716. The number of rotatable bonds is 9. The average Bonchev–Trinajstić information content (AvgIpc) is 2.86. The Balaban J connectivity index is 1.55. The van der Waals surface area contributed by atoms with Crippen molar-refractivity contribution in [1.82, 2.24) is 15.0 Å². The van der Waals surface area contributed by atoms with Crippen LogP contribution in [-0.4, -0.2) is 31.2 Å². The molecule has 0 saturated carbocycles. The number of phenols is 1. The molecule has 0 amide bonds. The highest BCUT2D eigenvalue weighted by molar-refractivity contribution is 5.84. The second-order valence-corrected chi connectivity index (χ2v) is 7.29. The number of phenolic OH excluding ortho intramolecular Hbond substituents is 1. The molecule has 1 heterocycles. The number of hydrazone groups is 1. The molecule has 0 atom stereocenters. The molecule has 4 aromatic rings. The first-order valence-corrected chi connectivity index (χ1v) is 10.4. The van der Waals surface area contributed by atoms with Crippen molar-refractivity contribution in [3.63, 3.8) is 0 Å². The predicted molar refractivity (Wildman–Crippen MR) is 129 cm³/mol. The number of nitrogens with one attached hydrogen (secondary N) is 3. The first kappa shape index (κ1) is 23.9. The van der Waals surface area contributed by atoms with E-state index < -0.39 is 10.7 Å². The fourth-order valence-corrected chi connectivity index (χ4v) is 2.93. The molecule has 36 heavy (non-hydrogen) atoms. The minimum atomic E-state index is -0.595. The van der Waals surface area contributed by atoms with Gasteiger partial charge in [0.15, 0.2) is 0 Å². The maximum Gasteiger partial charge on any atom is 0.270 e. The SMILES string of the molecule is O=[N+]([O-])c1ccc(O)c(/C=N/Nc2nc(NCc3ccc(F)cc3)nc(Nc3ccc(F)cc3)n2)c1. The van der Waals surface area contributed by atoms with E-state index in [2.05, 4.69) is 36.1 Å². The normalized spacial score (nSPS) is 10.8. The van der Waals surface area contributed by atoms with Gasteiger partial charge in [0.1, 0.15) is 17.4 Å². The topological polar surface area (TPSA) is 150 Å². The van der Waals surface area contributed by atoms with Gasteiger partial charge in [-0.05, 0) is 48.0 Å². The van der Waals surface area contributed by atoms with Gasteiger partial charge in [-0.15, -0.1) is 0 Å². The minimum absolute atomic E-state index is 0.00242. The minimum Gasteiger partial charge on any atom is -0.507 e. The van der Waals surface area contributed by atoms with Gasteiger partial charge in [-0.2, -0.15) is 20.1 Å². The number of nitro groups is 1. The Kier molecular flexibility index (Phi) is 7.19. The van der Waals surface area contributed by atoms with Crippen LogP contribution < -0.4 is 16.1 Å². The summed E-state index contributed by atoms with van der Waals surface area (Å²) in [7, 11) is 0. The lowest BCUT2D eigenvalue weighted by molar-refractivity contribution is -0.384. The number of aromatic hydroxyl groups is 1. The van der Waals surface area contributed by atoms with Crippen molar-refractivity contribution in [3.8, 4) is 5.75 Å². The van der Waals surface area contributed by atoms with Crippen LogP contribution in [-0.2, 0) is 6.54 Å². The number of aromatic nitrogens is 3. The van der Waals surface area contributed by atoms with Crippen LogP contribution in [0.15, 0.2) is 71.8 Å². The molecule has 1 aromatic heterocycles. The summed E-state index contributed by atoms with van der Waals surface area (Å²) in [5, 5.41) is 30.8. The lowest BCUT2D eigenvalue weighted by atomic mass is 10.2. The summed E-state index contributed by atoms with van der Waals surface area (Å²) in [6.45, 7) is 0.282. The number of hydrogen-bond donors (Lipinski definition) is 4. The lowest BCUT2D eigenvalue weighted by Crippen LogP contribution is -2.09. The number of benzene rings is 3. The van der Waals surface area contributed by atoms with Crippen molar-refractivity contribution in [2.75, 3.05) is 16.1 Å². The van der Waals surface area contributed by atoms with Gasteiger partial charge < -0.3 is 15.7 Å². The van der Waals surface area contributed by atoms with Gasteiger partial charge in [-0.25, -0.2) is 14.2 Å². The third-order valence-corrected chi connectivity index (χ3v) is 4.69. The molecule has 0 spiro atoms. The Morgan fingerprint density at radius 3 is 2.25 bits per heavy atom. The van der Waals surface area contributed by atoms with Crippen molar-refractivity contribution < 1.29 is 18.8 Å². The average molecular weight is 492 g/mol. The van der Waals surface area contributed by atoms with Crippen molar-refractivity contribution in [2.24, 2.45) is 5.10 Å². The van der Waals surface area contributed by atoms with Gasteiger partial charge >= 0.3 is 0 Å². The summed E-state index contributed by atoms with van der Waals surface area (Å²) in [5.41, 5.74) is 3.77. The Morgan fingerprint density at radius 1 is 0.917 bits per heavy atom. The zero-order valence-electron chi connectivity index (χ0n) is 18.4. The first-order valence-electron chi connectivity index (χ1n) is 10.4. The molecule has 0 aliphatic carbocycles. The van der Waals surface area contributed by atoms with Crippen LogP contribution in [0.3, 0.4) is 0 Å². The van der Waals surface area contributed by atoms with Crippen molar-refractivity contribution in [1.29, 1.82) is 0 Å². The van der Waals surface area contributed by atoms with Crippen LogP contribution in [0.5, 0.6) is 5.75 Å². The van der Waals surface area contributed by atoms with Crippen LogP contribution in [0, 0.1) is 21.7 Å². The molecule has 0 bridgehead atoms. The van der Waals surface area contributed by atoms with E-state index >= 15 is 0 Å². The first-order chi connectivity index (χ1) is 17.4. The summed E-state index contributed by atoms with van der Waals surface area (Å²) < 4.78 is 26.4.